The Kier molecular flexibility index (Phi) is 32.3. The summed E-state index contributed by atoms with van der Waals surface area (Å²) in [7, 11) is 0. The Morgan fingerprint density at radius 1 is 0.491 bits per heavy atom. The van der Waals surface area contributed by atoms with Gasteiger partial charge in [-0.15, -0.1) is 0 Å². The second-order valence-electron chi connectivity index (χ2n) is 16.1. The molecule has 55 heavy (non-hydrogen) atoms. The molecule has 1 heterocycles. The molecular weight excluding hydrogens is 700 g/mol. The topological polar surface area (TPSA) is 124 Å². The fourth-order valence-corrected chi connectivity index (χ4v) is 6.76. The molecule has 322 valence electrons. The van der Waals surface area contributed by atoms with Crippen LogP contribution in [-0.4, -0.2) is 68.3 Å². The van der Waals surface area contributed by atoms with Gasteiger partial charge in [0.1, 0.15) is 25.9 Å². The van der Waals surface area contributed by atoms with Crippen LogP contribution in [-0.2, 0) is 47.6 Å². The van der Waals surface area contributed by atoms with Gasteiger partial charge in [-0.05, 0) is 26.7 Å². The highest BCUT2D eigenvalue weighted by molar-refractivity contribution is 5.77. The van der Waals surface area contributed by atoms with Crippen LogP contribution in [0.2, 0.25) is 0 Å². The van der Waals surface area contributed by atoms with Crippen molar-refractivity contribution in [2.75, 3.05) is 26.4 Å². The number of carbonyl (C=O) groups is 4. The molecule has 1 fully saturated rings. The SMILES string of the molecule is CCCCCCCCCCCCCCCC(=O)OCC(COC(=O)CCCCCCCCCCCCCCC)OC(=O)CCC(=O)OCC1COC(C)(C)O1. The van der Waals surface area contributed by atoms with Gasteiger partial charge in [0.2, 0.25) is 0 Å². The Morgan fingerprint density at radius 3 is 1.20 bits per heavy atom. The van der Waals surface area contributed by atoms with Crippen LogP contribution in [0.4, 0.5) is 0 Å². The number of esters is 4. The third kappa shape index (κ3) is 32.6. The quantitative estimate of drug-likeness (QED) is 0.0339. The summed E-state index contributed by atoms with van der Waals surface area (Å²) in [6, 6.07) is 0. The van der Waals surface area contributed by atoms with E-state index in [1.54, 1.807) is 13.8 Å². The van der Waals surface area contributed by atoms with Crippen LogP contribution in [0.1, 0.15) is 220 Å². The first kappa shape index (κ1) is 50.8. The lowest BCUT2D eigenvalue weighted by atomic mass is 10.0. The van der Waals surface area contributed by atoms with E-state index in [0.717, 1.165) is 38.5 Å². The average Bonchev–Trinajstić information content (AvgIpc) is 3.52. The van der Waals surface area contributed by atoms with E-state index < -0.39 is 23.8 Å². The molecule has 0 aromatic heterocycles. The molecule has 1 atom stereocenters. The fraction of sp³-hybridized carbons (Fsp3) is 0.911. The van der Waals surface area contributed by atoms with Crippen LogP contribution in [0.5, 0.6) is 0 Å². The van der Waals surface area contributed by atoms with Crippen molar-refractivity contribution in [3.63, 3.8) is 0 Å². The largest absolute Gasteiger partial charge is 0.463 e. The van der Waals surface area contributed by atoms with E-state index in [4.69, 9.17) is 28.4 Å². The highest BCUT2D eigenvalue weighted by atomic mass is 16.7. The minimum atomic E-state index is -0.957. The number of hydrogen-bond donors (Lipinski definition) is 0. The summed E-state index contributed by atoms with van der Waals surface area (Å²) in [5, 5.41) is 0. The standard InChI is InChI=1S/C45H82O10/c1-5-7-9-11-13-15-17-19-21-23-25-27-29-31-41(46)50-35-39(54-44(49)34-33-43(48)52-37-40-38-53-45(3,4)55-40)36-51-42(47)32-30-28-26-24-22-20-18-16-14-12-10-8-6-2/h39-40H,5-38H2,1-4H3. The fourth-order valence-electron chi connectivity index (χ4n) is 6.76. The summed E-state index contributed by atoms with van der Waals surface area (Å²) in [4.78, 5) is 49.9. The molecule has 1 unspecified atom stereocenters. The molecule has 1 rings (SSSR count). The van der Waals surface area contributed by atoms with Gasteiger partial charge in [-0.25, -0.2) is 0 Å². The molecule has 0 aromatic carbocycles. The third-order valence-corrected chi connectivity index (χ3v) is 10.2. The van der Waals surface area contributed by atoms with Crippen molar-refractivity contribution in [3.8, 4) is 0 Å². The molecule has 0 spiro atoms. The Bertz CT molecular complexity index is 921. The zero-order valence-electron chi connectivity index (χ0n) is 35.8. The molecule has 0 aliphatic carbocycles. The number of unbranched alkanes of at least 4 members (excludes halogenated alkanes) is 24. The molecule has 1 saturated heterocycles. The molecule has 0 saturated carbocycles. The van der Waals surface area contributed by atoms with Gasteiger partial charge in [-0.3, -0.25) is 19.2 Å². The second kappa shape index (κ2) is 35.0. The maximum atomic E-state index is 12.7. The lowest BCUT2D eigenvalue weighted by Gasteiger charge is -2.18. The monoisotopic (exact) mass is 783 g/mol. The smallest absolute Gasteiger partial charge is 0.306 e. The molecule has 0 amide bonds. The van der Waals surface area contributed by atoms with Crippen molar-refractivity contribution in [3.05, 3.63) is 0 Å². The van der Waals surface area contributed by atoms with Crippen molar-refractivity contribution >= 4 is 23.9 Å². The van der Waals surface area contributed by atoms with Crippen LogP contribution in [0.25, 0.3) is 0 Å². The van der Waals surface area contributed by atoms with E-state index in [1.807, 2.05) is 0 Å². The number of hydrogen-bond acceptors (Lipinski definition) is 10. The zero-order chi connectivity index (χ0) is 40.2. The van der Waals surface area contributed by atoms with Crippen molar-refractivity contribution in [2.24, 2.45) is 0 Å². The molecule has 0 aromatic rings. The summed E-state index contributed by atoms with van der Waals surface area (Å²) in [5.41, 5.74) is 0. The first-order valence-corrected chi connectivity index (χ1v) is 22.6. The maximum Gasteiger partial charge on any atom is 0.306 e. The Balaban J connectivity index is 2.32. The van der Waals surface area contributed by atoms with Crippen LogP contribution < -0.4 is 0 Å². The molecular formula is C45H82O10. The Hall–Kier alpha value is -2.20. The average molecular weight is 783 g/mol. The predicted molar refractivity (Wildman–Crippen MR) is 218 cm³/mol. The normalized spacial score (nSPS) is 15.0. The summed E-state index contributed by atoms with van der Waals surface area (Å²) >= 11 is 0. The second-order valence-corrected chi connectivity index (χ2v) is 16.1. The summed E-state index contributed by atoms with van der Waals surface area (Å²) in [5.74, 6) is -2.68. The van der Waals surface area contributed by atoms with E-state index >= 15 is 0 Å². The van der Waals surface area contributed by atoms with Crippen LogP contribution in [0.3, 0.4) is 0 Å². The number of rotatable bonds is 38. The van der Waals surface area contributed by atoms with Gasteiger partial charge in [0.25, 0.3) is 0 Å². The Morgan fingerprint density at radius 2 is 0.836 bits per heavy atom. The zero-order valence-corrected chi connectivity index (χ0v) is 35.8. The minimum absolute atomic E-state index is 0.0321. The van der Waals surface area contributed by atoms with Gasteiger partial charge < -0.3 is 28.4 Å². The highest BCUT2D eigenvalue weighted by Crippen LogP contribution is 2.22. The highest BCUT2D eigenvalue weighted by Gasteiger charge is 2.33. The van der Waals surface area contributed by atoms with Crippen LogP contribution in [0, 0.1) is 0 Å². The van der Waals surface area contributed by atoms with Crippen molar-refractivity contribution in [1.29, 1.82) is 0 Å². The van der Waals surface area contributed by atoms with Crippen molar-refractivity contribution < 1.29 is 47.6 Å². The van der Waals surface area contributed by atoms with Gasteiger partial charge in [0, 0.05) is 12.8 Å². The van der Waals surface area contributed by atoms with Gasteiger partial charge in [0.15, 0.2) is 11.9 Å². The third-order valence-electron chi connectivity index (χ3n) is 10.2. The first-order chi connectivity index (χ1) is 26.6. The number of ether oxygens (including phenoxy) is 6. The van der Waals surface area contributed by atoms with E-state index in [2.05, 4.69) is 13.8 Å². The molecule has 0 bridgehead atoms. The molecule has 1 aliphatic rings. The van der Waals surface area contributed by atoms with Gasteiger partial charge in [-0.1, -0.05) is 168 Å². The molecule has 0 N–H and O–H groups in total. The van der Waals surface area contributed by atoms with Crippen molar-refractivity contribution in [1.82, 2.24) is 0 Å². The first-order valence-electron chi connectivity index (χ1n) is 22.6. The molecule has 10 nitrogen and oxygen atoms in total. The van der Waals surface area contributed by atoms with E-state index in [-0.39, 0.29) is 63.5 Å². The summed E-state index contributed by atoms with van der Waals surface area (Å²) in [6.07, 6.45) is 30.6. The van der Waals surface area contributed by atoms with Crippen LogP contribution >= 0.6 is 0 Å². The molecule has 10 heteroatoms. The van der Waals surface area contributed by atoms with Gasteiger partial charge in [0.05, 0.1) is 19.4 Å². The lowest BCUT2D eigenvalue weighted by Crippen LogP contribution is -2.31. The molecule has 0 radical (unpaired) electrons. The summed E-state index contributed by atoms with van der Waals surface area (Å²) in [6.45, 7) is 8.00. The van der Waals surface area contributed by atoms with Crippen LogP contribution in [0.15, 0.2) is 0 Å². The van der Waals surface area contributed by atoms with E-state index in [0.29, 0.717) is 6.61 Å². The van der Waals surface area contributed by atoms with Crippen molar-refractivity contribution in [2.45, 2.75) is 238 Å². The maximum absolute atomic E-state index is 12.7. The Labute approximate surface area is 335 Å². The van der Waals surface area contributed by atoms with E-state index in [9.17, 15) is 19.2 Å². The molecule has 1 aliphatic heterocycles. The minimum Gasteiger partial charge on any atom is -0.463 e. The van der Waals surface area contributed by atoms with Gasteiger partial charge in [-0.2, -0.15) is 0 Å². The summed E-state index contributed by atoms with van der Waals surface area (Å²) < 4.78 is 32.7. The number of carbonyl (C=O) groups excluding carboxylic acids is 4. The lowest BCUT2D eigenvalue weighted by molar-refractivity contribution is -0.168. The van der Waals surface area contributed by atoms with E-state index in [1.165, 1.54) is 128 Å². The predicted octanol–water partition coefficient (Wildman–Crippen LogP) is 11.4. The van der Waals surface area contributed by atoms with Gasteiger partial charge >= 0.3 is 23.9 Å².